The van der Waals surface area contributed by atoms with Gasteiger partial charge in [-0.05, 0) is 55.8 Å². The molecule has 2 heterocycles. The van der Waals surface area contributed by atoms with Crippen molar-refractivity contribution in [2.75, 3.05) is 4.90 Å². The molecule has 0 saturated carbocycles. The maximum absolute atomic E-state index is 13.6. The second-order valence-corrected chi connectivity index (χ2v) is 7.38. The number of anilines is 1. The predicted octanol–water partition coefficient (Wildman–Crippen LogP) is 3.81. The number of nitrogens with zero attached hydrogens (tertiary/aromatic N) is 3. The van der Waals surface area contributed by atoms with Crippen LogP contribution in [-0.2, 0) is 9.59 Å². The molecule has 1 aromatic heterocycles. The highest BCUT2D eigenvalue weighted by Gasteiger charge is 2.37. The van der Waals surface area contributed by atoms with E-state index in [1.165, 1.54) is 36.4 Å². The van der Waals surface area contributed by atoms with Gasteiger partial charge < -0.3 is 4.57 Å². The summed E-state index contributed by atoms with van der Waals surface area (Å²) in [4.78, 5) is 49.1. The average molecular weight is 448 g/mol. The van der Waals surface area contributed by atoms with Crippen molar-refractivity contribution >= 4 is 35.3 Å². The second kappa shape index (κ2) is 8.15. The van der Waals surface area contributed by atoms with Crippen molar-refractivity contribution in [2.45, 2.75) is 13.8 Å². The fraction of sp³-hybridized carbons (Fsp3) is 0.0870. The number of carbonyl (C=O) groups is 3. The number of amides is 4. The van der Waals surface area contributed by atoms with E-state index in [1.54, 1.807) is 36.6 Å². The topological polar surface area (TPSA) is 115 Å². The summed E-state index contributed by atoms with van der Waals surface area (Å²) in [7, 11) is 0. The number of imide groups is 2. The summed E-state index contributed by atoms with van der Waals surface area (Å²) in [6.07, 6.45) is 1.34. The Hall–Kier alpha value is -4.60. The highest BCUT2D eigenvalue weighted by Crippen LogP contribution is 2.27. The fourth-order valence-corrected chi connectivity index (χ4v) is 3.74. The van der Waals surface area contributed by atoms with Gasteiger partial charge in [-0.15, -0.1) is 0 Å². The lowest BCUT2D eigenvalue weighted by Gasteiger charge is -2.26. The molecule has 4 rings (SSSR count). The number of rotatable bonds is 4. The molecule has 1 aliphatic rings. The third-order valence-electron chi connectivity index (χ3n) is 5.24. The van der Waals surface area contributed by atoms with Crippen LogP contribution in [0.4, 0.5) is 20.6 Å². The van der Waals surface area contributed by atoms with Crippen LogP contribution in [-0.4, -0.2) is 27.3 Å². The first-order valence-electron chi connectivity index (χ1n) is 9.78. The van der Waals surface area contributed by atoms with Crippen molar-refractivity contribution in [2.24, 2.45) is 0 Å². The van der Waals surface area contributed by atoms with Crippen LogP contribution in [0, 0.1) is 29.8 Å². The van der Waals surface area contributed by atoms with Gasteiger partial charge in [0.1, 0.15) is 11.4 Å². The molecule has 1 fully saturated rings. The first-order chi connectivity index (χ1) is 15.7. The van der Waals surface area contributed by atoms with E-state index in [-0.39, 0.29) is 16.9 Å². The maximum atomic E-state index is 13.6. The zero-order chi connectivity index (χ0) is 23.9. The van der Waals surface area contributed by atoms with Gasteiger partial charge in [-0.3, -0.25) is 25.0 Å². The van der Waals surface area contributed by atoms with Gasteiger partial charge >= 0.3 is 6.03 Å². The largest absolute Gasteiger partial charge is 0.335 e. The van der Waals surface area contributed by atoms with E-state index in [1.807, 2.05) is 0 Å². The number of nitrogens with one attached hydrogen (secondary N) is 1. The van der Waals surface area contributed by atoms with Crippen LogP contribution in [0.2, 0.25) is 0 Å². The summed E-state index contributed by atoms with van der Waals surface area (Å²) in [6.45, 7) is 3.51. The fourth-order valence-electron chi connectivity index (χ4n) is 3.74. The molecule has 10 heteroatoms. The second-order valence-electron chi connectivity index (χ2n) is 7.38. The monoisotopic (exact) mass is 448 g/mol. The number of non-ortho nitro benzene ring substituents is 1. The molecule has 1 aliphatic heterocycles. The van der Waals surface area contributed by atoms with Gasteiger partial charge in [0.2, 0.25) is 0 Å². The molecule has 0 atom stereocenters. The van der Waals surface area contributed by atoms with Crippen molar-refractivity contribution in [3.63, 3.8) is 0 Å². The first kappa shape index (κ1) is 21.6. The molecular formula is C23H17FN4O5. The van der Waals surface area contributed by atoms with Gasteiger partial charge in [-0.1, -0.05) is 12.1 Å². The molecule has 9 nitrogen and oxygen atoms in total. The van der Waals surface area contributed by atoms with Gasteiger partial charge in [0.15, 0.2) is 0 Å². The van der Waals surface area contributed by atoms with E-state index in [0.29, 0.717) is 27.5 Å². The molecule has 0 unspecified atom stereocenters. The quantitative estimate of drug-likeness (QED) is 0.282. The van der Waals surface area contributed by atoms with Gasteiger partial charge in [0, 0.05) is 23.5 Å². The molecule has 166 valence electrons. The van der Waals surface area contributed by atoms with E-state index in [0.717, 1.165) is 6.07 Å². The third-order valence-corrected chi connectivity index (χ3v) is 5.24. The molecule has 2 aromatic carbocycles. The van der Waals surface area contributed by atoms with Crippen LogP contribution in [0.25, 0.3) is 11.8 Å². The Balaban J connectivity index is 1.77. The van der Waals surface area contributed by atoms with Gasteiger partial charge in [0.25, 0.3) is 17.5 Å². The summed E-state index contributed by atoms with van der Waals surface area (Å²) < 4.78 is 15.4. The summed E-state index contributed by atoms with van der Waals surface area (Å²) in [6, 6.07) is 11.7. The van der Waals surface area contributed by atoms with E-state index in [4.69, 9.17) is 0 Å². The van der Waals surface area contributed by atoms with Crippen LogP contribution in [0.3, 0.4) is 0 Å². The summed E-state index contributed by atoms with van der Waals surface area (Å²) >= 11 is 0. The Kier molecular flexibility index (Phi) is 5.34. The van der Waals surface area contributed by atoms with Crippen LogP contribution >= 0.6 is 0 Å². The molecule has 0 aliphatic carbocycles. The normalized spacial score (nSPS) is 15.2. The van der Waals surface area contributed by atoms with E-state index >= 15 is 0 Å². The summed E-state index contributed by atoms with van der Waals surface area (Å²) in [5, 5.41) is 13.2. The third kappa shape index (κ3) is 3.89. The van der Waals surface area contributed by atoms with Crippen LogP contribution in [0.1, 0.15) is 17.0 Å². The molecule has 1 saturated heterocycles. The number of carbonyl (C=O) groups excluding carboxylic acids is 3. The van der Waals surface area contributed by atoms with Gasteiger partial charge in [0.05, 0.1) is 16.3 Å². The number of hydrogen-bond donors (Lipinski definition) is 1. The highest BCUT2D eigenvalue weighted by molar-refractivity contribution is 6.39. The van der Waals surface area contributed by atoms with Crippen molar-refractivity contribution < 1.29 is 23.7 Å². The van der Waals surface area contributed by atoms with E-state index < -0.39 is 28.6 Å². The van der Waals surface area contributed by atoms with Crippen molar-refractivity contribution in [1.82, 2.24) is 9.88 Å². The summed E-state index contributed by atoms with van der Waals surface area (Å²) in [5.74, 6) is -2.41. The lowest BCUT2D eigenvalue weighted by molar-refractivity contribution is -0.384. The molecule has 0 spiro atoms. The minimum absolute atomic E-state index is 0.0158. The van der Waals surface area contributed by atoms with Crippen molar-refractivity contribution in [1.29, 1.82) is 0 Å². The molecule has 0 bridgehead atoms. The average Bonchev–Trinajstić information content (AvgIpc) is 3.04. The molecule has 33 heavy (non-hydrogen) atoms. The first-order valence-corrected chi connectivity index (χ1v) is 9.78. The Morgan fingerprint density at radius 1 is 1.00 bits per heavy atom. The Morgan fingerprint density at radius 3 is 2.39 bits per heavy atom. The highest BCUT2D eigenvalue weighted by atomic mass is 19.1. The van der Waals surface area contributed by atoms with Crippen molar-refractivity contribution in [3.8, 4) is 5.69 Å². The number of barbiturate groups is 1. The SMILES string of the molecule is Cc1cc(/C=C2\C(=O)NC(=O)N(c3cccc(F)c3)C2=O)c(C)n1-c1cccc([N+](=O)[O-])c1. The number of nitro benzene ring substituents is 1. The number of nitro groups is 1. The molecular weight excluding hydrogens is 431 g/mol. The van der Waals surface area contributed by atoms with Crippen LogP contribution < -0.4 is 10.2 Å². The number of hydrogen-bond acceptors (Lipinski definition) is 5. The van der Waals surface area contributed by atoms with E-state index in [2.05, 4.69) is 5.32 Å². The standard InChI is InChI=1S/C23H17FN4O5/c1-13-9-15(14(2)26(13)18-7-4-8-19(12-18)28(32)33)10-20-21(29)25-23(31)27(22(20)30)17-6-3-5-16(24)11-17/h3-12H,1-2H3,(H,25,29,31)/b20-10+. The number of benzene rings is 2. The number of aryl methyl sites for hydroxylation is 1. The summed E-state index contributed by atoms with van der Waals surface area (Å²) in [5.41, 5.74) is 1.98. The molecule has 1 N–H and O–H groups in total. The molecule has 3 aromatic rings. The number of urea groups is 1. The van der Waals surface area contributed by atoms with Crippen LogP contribution in [0.5, 0.6) is 0 Å². The van der Waals surface area contributed by atoms with Crippen LogP contribution in [0.15, 0.2) is 60.2 Å². The number of halogens is 1. The lowest BCUT2D eigenvalue weighted by Crippen LogP contribution is -2.54. The Labute approximate surface area is 186 Å². The van der Waals surface area contributed by atoms with Gasteiger partial charge in [-0.25, -0.2) is 14.1 Å². The minimum Gasteiger partial charge on any atom is -0.318 e. The molecule has 4 amide bonds. The maximum Gasteiger partial charge on any atom is 0.335 e. The Morgan fingerprint density at radius 2 is 1.70 bits per heavy atom. The zero-order valence-corrected chi connectivity index (χ0v) is 17.5. The lowest BCUT2D eigenvalue weighted by atomic mass is 10.1. The minimum atomic E-state index is -0.977. The van der Waals surface area contributed by atoms with Crippen molar-refractivity contribution in [3.05, 3.63) is 93.1 Å². The Bertz CT molecular complexity index is 1370. The predicted molar refractivity (Wildman–Crippen MR) is 117 cm³/mol. The smallest absolute Gasteiger partial charge is 0.318 e. The number of aromatic nitrogens is 1. The van der Waals surface area contributed by atoms with E-state index in [9.17, 15) is 28.9 Å². The van der Waals surface area contributed by atoms with Gasteiger partial charge in [-0.2, -0.15) is 0 Å². The zero-order valence-electron chi connectivity index (χ0n) is 17.5. The molecule has 0 radical (unpaired) electrons.